The summed E-state index contributed by atoms with van der Waals surface area (Å²) >= 11 is 1.74. The van der Waals surface area contributed by atoms with Crippen molar-refractivity contribution in [1.29, 1.82) is 0 Å². The quantitative estimate of drug-likeness (QED) is 0.661. The van der Waals surface area contributed by atoms with Gasteiger partial charge in [-0.25, -0.2) is 0 Å². The van der Waals surface area contributed by atoms with Crippen molar-refractivity contribution in [3.63, 3.8) is 0 Å². The third-order valence-corrected chi connectivity index (χ3v) is 1.89. The van der Waals surface area contributed by atoms with E-state index in [1.165, 1.54) is 5.56 Å². The minimum absolute atomic E-state index is 1.04. The van der Waals surface area contributed by atoms with Gasteiger partial charge in [-0.1, -0.05) is 36.4 Å². The van der Waals surface area contributed by atoms with E-state index in [0.717, 1.165) is 6.42 Å². The highest BCUT2D eigenvalue weighted by Gasteiger charge is 1.83. The molecule has 0 amide bonds. The van der Waals surface area contributed by atoms with Crippen LogP contribution < -0.4 is 0 Å². The van der Waals surface area contributed by atoms with Crippen molar-refractivity contribution in [3.05, 3.63) is 47.4 Å². The zero-order chi connectivity index (χ0) is 7.94. The van der Waals surface area contributed by atoms with Gasteiger partial charge in [0, 0.05) is 0 Å². The van der Waals surface area contributed by atoms with Gasteiger partial charge in [-0.15, -0.1) is 11.8 Å². The fraction of sp³-hybridized carbons (Fsp3) is 0.200. The Labute approximate surface area is 72.3 Å². The van der Waals surface area contributed by atoms with Gasteiger partial charge in [0.05, 0.1) is 0 Å². The second-order valence-electron chi connectivity index (χ2n) is 2.30. The van der Waals surface area contributed by atoms with Crippen LogP contribution in [0.25, 0.3) is 0 Å². The van der Waals surface area contributed by atoms with E-state index in [-0.39, 0.29) is 0 Å². The molecule has 0 aliphatic rings. The van der Waals surface area contributed by atoms with E-state index in [2.05, 4.69) is 42.0 Å². The molecule has 0 heterocycles. The van der Waals surface area contributed by atoms with Crippen LogP contribution in [0.15, 0.2) is 41.8 Å². The third kappa shape index (κ3) is 3.28. The minimum Gasteiger partial charge on any atom is -0.138 e. The van der Waals surface area contributed by atoms with Gasteiger partial charge in [0.15, 0.2) is 0 Å². The summed E-state index contributed by atoms with van der Waals surface area (Å²) in [5.41, 5.74) is 1.37. The minimum atomic E-state index is 1.04. The summed E-state index contributed by atoms with van der Waals surface area (Å²) in [7, 11) is 0. The van der Waals surface area contributed by atoms with Crippen LogP contribution in [0.1, 0.15) is 5.56 Å². The lowest BCUT2D eigenvalue weighted by Crippen LogP contribution is -1.76. The van der Waals surface area contributed by atoms with Crippen LogP contribution in [0.4, 0.5) is 0 Å². The first-order valence-corrected chi connectivity index (χ1v) is 4.94. The highest BCUT2D eigenvalue weighted by Crippen LogP contribution is 2.02. The maximum Gasteiger partial charge on any atom is -0.00893 e. The summed E-state index contributed by atoms with van der Waals surface area (Å²) < 4.78 is 0. The zero-order valence-corrected chi connectivity index (χ0v) is 7.47. The van der Waals surface area contributed by atoms with Crippen molar-refractivity contribution in [3.8, 4) is 0 Å². The number of hydrogen-bond donors (Lipinski definition) is 0. The number of thioether (sulfide) groups is 1. The van der Waals surface area contributed by atoms with Crippen molar-refractivity contribution in [1.82, 2.24) is 0 Å². The molecule has 0 unspecified atom stereocenters. The maximum absolute atomic E-state index is 2.18. The molecule has 0 atom stereocenters. The monoisotopic (exact) mass is 164 g/mol. The highest BCUT2D eigenvalue weighted by molar-refractivity contribution is 8.01. The maximum atomic E-state index is 2.18. The molecule has 0 N–H and O–H groups in total. The summed E-state index contributed by atoms with van der Waals surface area (Å²) in [5.74, 6) is 0. The number of rotatable bonds is 3. The molecule has 1 aromatic rings. The Kier molecular flexibility index (Phi) is 3.84. The molecule has 0 radical (unpaired) electrons. The summed E-state index contributed by atoms with van der Waals surface area (Å²) in [6.07, 6.45) is 5.29. The molecule has 0 aliphatic heterocycles. The lowest BCUT2D eigenvalue weighted by molar-refractivity contribution is 1.28. The van der Waals surface area contributed by atoms with Crippen LogP contribution in [0.2, 0.25) is 0 Å². The molecule has 1 rings (SSSR count). The van der Waals surface area contributed by atoms with E-state index >= 15 is 0 Å². The molecular formula is C10H12S. The number of allylic oxidation sites excluding steroid dienone is 1. The summed E-state index contributed by atoms with van der Waals surface area (Å²) in [6, 6.07) is 10.5. The van der Waals surface area contributed by atoms with Crippen LogP contribution >= 0.6 is 11.8 Å². The average molecular weight is 164 g/mol. The van der Waals surface area contributed by atoms with E-state index in [9.17, 15) is 0 Å². The van der Waals surface area contributed by atoms with Gasteiger partial charge in [-0.2, -0.15) is 0 Å². The fourth-order valence-electron chi connectivity index (χ4n) is 0.895. The first-order chi connectivity index (χ1) is 5.43. The van der Waals surface area contributed by atoms with Crippen molar-refractivity contribution in [2.24, 2.45) is 0 Å². The lowest BCUT2D eigenvalue weighted by atomic mass is 10.2. The van der Waals surface area contributed by atoms with Crippen LogP contribution in [-0.4, -0.2) is 6.26 Å². The highest BCUT2D eigenvalue weighted by atomic mass is 32.2. The molecule has 1 aromatic carbocycles. The standard InChI is InChI=1S/C10H12S/c1-11-9-5-8-10-6-3-2-4-7-10/h2-7,9H,8H2,1H3/b9-5+. The first-order valence-electron chi connectivity index (χ1n) is 3.65. The Hall–Kier alpha value is -0.690. The molecule has 0 spiro atoms. The Bertz CT molecular complexity index is 214. The molecule has 1 heteroatoms. The Morgan fingerprint density at radius 2 is 2.00 bits per heavy atom. The number of hydrogen-bond acceptors (Lipinski definition) is 1. The first kappa shape index (κ1) is 8.41. The topological polar surface area (TPSA) is 0 Å². The van der Waals surface area contributed by atoms with Gasteiger partial charge in [0.1, 0.15) is 0 Å². The average Bonchev–Trinajstić information content (AvgIpc) is 2.07. The predicted octanol–water partition coefficient (Wildman–Crippen LogP) is 3.11. The van der Waals surface area contributed by atoms with Gasteiger partial charge < -0.3 is 0 Å². The summed E-state index contributed by atoms with van der Waals surface area (Å²) in [6.45, 7) is 0. The van der Waals surface area contributed by atoms with Crippen LogP contribution in [-0.2, 0) is 6.42 Å². The summed E-state index contributed by atoms with van der Waals surface area (Å²) in [4.78, 5) is 0. The zero-order valence-electron chi connectivity index (χ0n) is 6.66. The molecule has 0 nitrogen and oxygen atoms in total. The van der Waals surface area contributed by atoms with E-state index in [1.54, 1.807) is 11.8 Å². The second-order valence-corrected chi connectivity index (χ2v) is 3.04. The summed E-state index contributed by atoms with van der Waals surface area (Å²) in [5, 5.41) is 2.12. The van der Waals surface area contributed by atoms with Crippen molar-refractivity contribution in [2.75, 3.05) is 6.26 Å². The van der Waals surface area contributed by atoms with Crippen molar-refractivity contribution < 1.29 is 0 Å². The van der Waals surface area contributed by atoms with E-state index in [4.69, 9.17) is 0 Å². The smallest absolute Gasteiger partial charge is 0.00893 e. The SMILES string of the molecule is CS/C=C/Cc1ccccc1. The molecule has 58 valence electrons. The second kappa shape index (κ2) is 5.03. The molecule has 0 fully saturated rings. The Morgan fingerprint density at radius 1 is 1.27 bits per heavy atom. The normalized spacial score (nSPS) is 10.6. The Morgan fingerprint density at radius 3 is 2.64 bits per heavy atom. The molecule has 0 aliphatic carbocycles. The molecular weight excluding hydrogens is 152 g/mol. The van der Waals surface area contributed by atoms with Crippen molar-refractivity contribution >= 4 is 11.8 Å². The molecule has 0 saturated carbocycles. The van der Waals surface area contributed by atoms with Crippen LogP contribution in [0.3, 0.4) is 0 Å². The molecule has 0 aromatic heterocycles. The molecule has 11 heavy (non-hydrogen) atoms. The van der Waals surface area contributed by atoms with E-state index < -0.39 is 0 Å². The predicted molar refractivity (Wildman–Crippen MR) is 52.8 cm³/mol. The van der Waals surface area contributed by atoms with Gasteiger partial charge in [-0.05, 0) is 23.6 Å². The third-order valence-electron chi connectivity index (χ3n) is 1.43. The van der Waals surface area contributed by atoms with E-state index in [1.807, 2.05) is 6.07 Å². The largest absolute Gasteiger partial charge is 0.138 e. The van der Waals surface area contributed by atoms with Gasteiger partial charge >= 0.3 is 0 Å². The molecule has 0 bridgehead atoms. The van der Waals surface area contributed by atoms with Crippen LogP contribution in [0.5, 0.6) is 0 Å². The van der Waals surface area contributed by atoms with E-state index in [0.29, 0.717) is 0 Å². The van der Waals surface area contributed by atoms with Crippen LogP contribution in [0, 0.1) is 0 Å². The number of benzene rings is 1. The molecule has 0 saturated heterocycles. The lowest BCUT2D eigenvalue weighted by Gasteiger charge is -1.92. The van der Waals surface area contributed by atoms with Gasteiger partial charge in [0.25, 0.3) is 0 Å². The Balaban J connectivity index is 2.45. The fourth-order valence-corrected chi connectivity index (χ4v) is 1.18. The van der Waals surface area contributed by atoms with Gasteiger partial charge in [0.2, 0.25) is 0 Å². The van der Waals surface area contributed by atoms with Gasteiger partial charge in [-0.3, -0.25) is 0 Å². The van der Waals surface area contributed by atoms with Crippen molar-refractivity contribution in [2.45, 2.75) is 6.42 Å².